The van der Waals surface area contributed by atoms with Crippen molar-refractivity contribution in [2.45, 2.75) is 30.7 Å². The highest BCUT2D eigenvalue weighted by Crippen LogP contribution is 2.39. The van der Waals surface area contributed by atoms with Crippen molar-refractivity contribution < 1.29 is 41.0 Å². The highest BCUT2D eigenvalue weighted by Gasteiger charge is 2.40. The topological polar surface area (TPSA) is 64.1 Å². The van der Waals surface area contributed by atoms with E-state index >= 15 is 0 Å². The Morgan fingerprint density at radius 3 is 1.97 bits per heavy atom. The number of benzene rings is 2. The minimum Gasteiger partial charge on any atom is -0.465 e. The quantitative estimate of drug-likeness (QED) is 0.461. The SMILES string of the molecule is CN(C(=O)N(C)[C@@H]1CCN(C(=O)O)C[C@H]1c1ccc(Cl)cc1)c1cc(C(F)(F)F)cc(C(F)(F)F)c1. The summed E-state index contributed by atoms with van der Waals surface area (Å²) in [6.45, 7) is 0.123. The molecule has 1 aliphatic rings. The fourth-order valence-corrected chi connectivity index (χ4v) is 4.36. The van der Waals surface area contributed by atoms with E-state index in [9.17, 15) is 41.0 Å². The first-order valence-electron chi connectivity index (χ1n) is 10.6. The number of urea groups is 1. The number of piperidine rings is 1. The molecule has 6 nitrogen and oxygen atoms in total. The summed E-state index contributed by atoms with van der Waals surface area (Å²) in [5.41, 5.74) is -2.98. The predicted molar refractivity (Wildman–Crippen MR) is 120 cm³/mol. The highest BCUT2D eigenvalue weighted by atomic mass is 35.5. The number of likely N-dealkylation sites (N-methyl/N-ethyl adjacent to an activating group) is 1. The number of halogens is 7. The molecule has 2 aromatic rings. The fraction of sp³-hybridized carbons (Fsp3) is 0.391. The van der Waals surface area contributed by atoms with Crippen LogP contribution in [0.2, 0.25) is 5.02 Å². The van der Waals surface area contributed by atoms with Crippen LogP contribution in [0.1, 0.15) is 29.0 Å². The van der Waals surface area contributed by atoms with Crippen molar-refractivity contribution >= 4 is 29.4 Å². The molecule has 3 rings (SSSR count). The van der Waals surface area contributed by atoms with Gasteiger partial charge in [0.05, 0.1) is 11.1 Å². The van der Waals surface area contributed by atoms with Crippen molar-refractivity contribution in [1.29, 1.82) is 0 Å². The van der Waals surface area contributed by atoms with Gasteiger partial charge in [-0.3, -0.25) is 4.90 Å². The summed E-state index contributed by atoms with van der Waals surface area (Å²) in [6.07, 6.45) is -11.1. The normalized spacial score (nSPS) is 18.6. The summed E-state index contributed by atoms with van der Waals surface area (Å²) in [4.78, 5) is 27.9. The molecule has 2 atom stereocenters. The van der Waals surface area contributed by atoms with Crippen molar-refractivity contribution in [3.8, 4) is 0 Å². The lowest BCUT2D eigenvalue weighted by atomic mass is 9.85. The number of alkyl halides is 6. The van der Waals surface area contributed by atoms with Crippen LogP contribution >= 0.6 is 11.6 Å². The lowest BCUT2D eigenvalue weighted by Gasteiger charge is -2.43. The Morgan fingerprint density at radius 2 is 1.50 bits per heavy atom. The van der Waals surface area contributed by atoms with Crippen molar-refractivity contribution in [2.75, 3.05) is 32.1 Å². The Bertz CT molecular complexity index is 1090. The van der Waals surface area contributed by atoms with Gasteiger partial charge in [-0.1, -0.05) is 23.7 Å². The van der Waals surface area contributed by atoms with Crippen molar-refractivity contribution in [1.82, 2.24) is 9.80 Å². The second-order valence-electron chi connectivity index (χ2n) is 8.46. The van der Waals surface area contributed by atoms with E-state index in [0.717, 1.165) is 7.05 Å². The zero-order valence-electron chi connectivity index (χ0n) is 19.1. The van der Waals surface area contributed by atoms with Gasteiger partial charge in [-0.2, -0.15) is 26.3 Å². The first-order valence-corrected chi connectivity index (χ1v) is 11.0. The highest BCUT2D eigenvalue weighted by molar-refractivity contribution is 6.30. The van der Waals surface area contributed by atoms with Crippen LogP contribution in [-0.2, 0) is 12.4 Å². The zero-order valence-corrected chi connectivity index (χ0v) is 19.8. The van der Waals surface area contributed by atoms with Gasteiger partial charge in [0, 0.05) is 49.9 Å². The Kier molecular flexibility index (Phi) is 7.68. The van der Waals surface area contributed by atoms with Gasteiger partial charge in [0.15, 0.2) is 0 Å². The molecular weight excluding hydrogens is 516 g/mol. The summed E-state index contributed by atoms with van der Waals surface area (Å²) in [5, 5.41) is 9.87. The molecule has 36 heavy (non-hydrogen) atoms. The van der Waals surface area contributed by atoms with Crippen LogP contribution in [0, 0.1) is 0 Å². The smallest absolute Gasteiger partial charge is 0.416 e. The Morgan fingerprint density at radius 1 is 0.972 bits per heavy atom. The number of hydrogen-bond acceptors (Lipinski definition) is 2. The molecule has 2 aromatic carbocycles. The predicted octanol–water partition coefficient (Wildman–Crippen LogP) is 6.40. The zero-order chi connectivity index (χ0) is 27.0. The maximum absolute atomic E-state index is 13.3. The fourth-order valence-electron chi connectivity index (χ4n) is 4.24. The average Bonchev–Trinajstić information content (AvgIpc) is 2.81. The molecule has 1 aliphatic heterocycles. The molecule has 0 saturated carbocycles. The number of anilines is 1. The van der Waals surface area contributed by atoms with E-state index < -0.39 is 53.3 Å². The molecule has 0 radical (unpaired) electrons. The summed E-state index contributed by atoms with van der Waals surface area (Å²) < 4.78 is 79.7. The largest absolute Gasteiger partial charge is 0.465 e. The van der Waals surface area contributed by atoms with Crippen LogP contribution in [-0.4, -0.2) is 60.3 Å². The molecule has 13 heteroatoms. The van der Waals surface area contributed by atoms with Gasteiger partial charge in [0.2, 0.25) is 0 Å². The Balaban J connectivity index is 1.95. The van der Waals surface area contributed by atoms with Crippen LogP contribution in [0.5, 0.6) is 0 Å². The third kappa shape index (κ3) is 5.97. The first-order chi connectivity index (χ1) is 16.6. The number of carbonyl (C=O) groups is 2. The lowest BCUT2D eigenvalue weighted by molar-refractivity contribution is -0.143. The minimum atomic E-state index is -5.06. The average molecular weight is 538 g/mol. The summed E-state index contributed by atoms with van der Waals surface area (Å²) in [7, 11) is 2.46. The molecule has 0 aliphatic carbocycles. The summed E-state index contributed by atoms with van der Waals surface area (Å²) in [6, 6.07) is 6.05. The van der Waals surface area contributed by atoms with Gasteiger partial charge in [0.25, 0.3) is 0 Å². The van der Waals surface area contributed by atoms with E-state index in [0.29, 0.717) is 27.6 Å². The molecule has 3 amide bonds. The molecule has 1 saturated heterocycles. The second-order valence-corrected chi connectivity index (χ2v) is 8.90. The van der Waals surface area contributed by atoms with Crippen molar-refractivity contribution in [2.24, 2.45) is 0 Å². The first kappa shape index (κ1) is 27.4. The number of hydrogen-bond donors (Lipinski definition) is 1. The maximum atomic E-state index is 13.3. The van der Waals surface area contributed by atoms with Crippen molar-refractivity contribution in [3.05, 3.63) is 64.2 Å². The maximum Gasteiger partial charge on any atom is 0.416 e. The van der Waals surface area contributed by atoms with Gasteiger partial charge in [-0.05, 0) is 42.3 Å². The van der Waals surface area contributed by atoms with E-state index in [1.165, 1.54) is 16.8 Å². The van der Waals surface area contributed by atoms with Gasteiger partial charge < -0.3 is 14.9 Å². The number of amides is 3. The van der Waals surface area contributed by atoms with E-state index in [1.807, 2.05) is 0 Å². The van der Waals surface area contributed by atoms with Gasteiger partial charge in [-0.25, -0.2) is 9.59 Å². The van der Waals surface area contributed by atoms with Gasteiger partial charge >= 0.3 is 24.5 Å². The summed E-state index contributed by atoms with van der Waals surface area (Å²) >= 11 is 5.94. The summed E-state index contributed by atoms with van der Waals surface area (Å²) in [5.74, 6) is -0.512. The minimum absolute atomic E-state index is 0.0102. The van der Waals surface area contributed by atoms with Gasteiger partial charge in [-0.15, -0.1) is 0 Å². The number of nitrogens with zero attached hydrogens (tertiary/aromatic N) is 3. The van der Waals surface area contributed by atoms with Crippen LogP contribution < -0.4 is 4.90 Å². The standard InChI is InChI=1S/C23H22ClF6N3O3/c1-31(17-10-14(22(25,26)27)9-15(11-17)23(28,29)30)20(34)32(2)19-7-8-33(21(35)36)12-18(19)13-3-5-16(24)6-4-13/h3-6,9-11,18-19H,7-8,12H2,1-2H3,(H,35,36)/t18-,19+/m0/s1. The molecule has 1 heterocycles. The molecule has 0 spiro atoms. The number of carbonyl (C=O) groups excluding carboxylic acids is 1. The van der Waals surface area contributed by atoms with Crippen LogP contribution in [0.25, 0.3) is 0 Å². The van der Waals surface area contributed by atoms with Crippen LogP contribution in [0.4, 0.5) is 41.6 Å². The lowest BCUT2D eigenvalue weighted by Crippen LogP contribution is -2.54. The van der Waals surface area contributed by atoms with Crippen LogP contribution in [0.15, 0.2) is 42.5 Å². The number of likely N-dealkylation sites (tertiary alicyclic amines) is 1. The third-order valence-electron chi connectivity index (χ3n) is 6.19. The molecule has 1 N–H and O–H groups in total. The molecule has 0 unspecified atom stereocenters. The number of carboxylic acid groups (broad SMARTS) is 1. The van der Waals surface area contributed by atoms with E-state index in [1.54, 1.807) is 24.3 Å². The molecule has 0 bridgehead atoms. The number of rotatable bonds is 3. The van der Waals surface area contributed by atoms with Gasteiger partial charge in [0.1, 0.15) is 0 Å². The Labute approximate surface area is 207 Å². The second kappa shape index (κ2) is 10.1. The van der Waals surface area contributed by atoms with E-state index in [4.69, 9.17) is 11.6 Å². The monoisotopic (exact) mass is 537 g/mol. The van der Waals surface area contributed by atoms with Crippen molar-refractivity contribution in [3.63, 3.8) is 0 Å². The Hall–Kier alpha value is -3.15. The molecular formula is C23H22ClF6N3O3. The van der Waals surface area contributed by atoms with E-state index in [-0.39, 0.29) is 25.6 Å². The van der Waals surface area contributed by atoms with Crippen LogP contribution in [0.3, 0.4) is 0 Å². The van der Waals surface area contributed by atoms with E-state index in [2.05, 4.69) is 0 Å². The molecule has 0 aromatic heterocycles. The third-order valence-corrected chi connectivity index (χ3v) is 6.44. The molecule has 1 fully saturated rings. The molecule has 196 valence electrons.